The molecule has 2 aromatic rings. The fourth-order valence-electron chi connectivity index (χ4n) is 1.48. The Bertz CT molecular complexity index is 660. The van der Waals surface area contributed by atoms with Crippen LogP contribution in [0.2, 0.25) is 0 Å². The Morgan fingerprint density at radius 3 is 2.42 bits per heavy atom. The molecular weight excluding hydrogens is 268 g/mol. The summed E-state index contributed by atoms with van der Waals surface area (Å²) < 4.78 is 30.8. The number of anilines is 1. The number of rotatable bonds is 4. The van der Waals surface area contributed by atoms with Crippen LogP contribution in [0.5, 0.6) is 0 Å². The molecule has 7 heteroatoms. The fraction of sp³-hybridized carbons (Fsp3) is 0.0833. The van der Waals surface area contributed by atoms with Gasteiger partial charge in [0, 0.05) is 18.1 Å². The summed E-state index contributed by atoms with van der Waals surface area (Å²) in [6, 6.07) is 7.42. The van der Waals surface area contributed by atoms with Gasteiger partial charge in [-0.05, 0) is 30.3 Å². The smallest absolute Gasteiger partial charge is 0.337 e. The van der Waals surface area contributed by atoms with Crippen molar-refractivity contribution < 1.29 is 17.9 Å². The van der Waals surface area contributed by atoms with Crippen LogP contribution in [0.15, 0.2) is 47.6 Å². The van der Waals surface area contributed by atoms with Crippen LogP contribution in [0.3, 0.4) is 0 Å². The molecule has 1 heterocycles. The third-order valence-electron chi connectivity index (χ3n) is 2.44. The molecule has 2 N–H and O–H groups in total. The number of benzene rings is 1. The van der Waals surface area contributed by atoms with Gasteiger partial charge in [-0.1, -0.05) is 0 Å². The minimum absolute atomic E-state index is 0.143. The van der Waals surface area contributed by atoms with Gasteiger partial charge in [-0.3, -0.25) is 4.72 Å². The lowest BCUT2D eigenvalue weighted by Crippen LogP contribution is -2.12. The number of carbonyl (C=O) groups excluding carboxylic acids is 1. The van der Waals surface area contributed by atoms with Crippen molar-refractivity contribution in [3.05, 3.63) is 48.3 Å². The minimum atomic E-state index is -3.61. The number of carbonyl (C=O) groups is 1. The number of hydrogen-bond acceptors (Lipinski definition) is 4. The summed E-state index contributed by atoms with van der Waals surface area (Å²) in [5, 5.41) is 0. The van der Waals surface area contributed by atoms with E-state index in [0.29, 0.717) is 11.3 Å². The van der Waals surface area contributed by atoms with Gasteiger partial charge in [0.25, 0.3) is 10.0 Å². The van der Waals surface area contributed by atoms with Gasteiger partial charge in [0.05, 0.1) is 12.7 Å². The van der Waals surface area contributed by atoms with Gasteiger partial charge in [-0.15, -0.1) is 0 Å². The van der Waals surface area contributed by atoms with Crippen molar-refractivity contribution in [3.8, 4) is 0 Å². The van der Waals surface area contributed by atoms with E-state index in [0.717, 1.165) is 0 Å². The molecule has 1 aromatic carbocycles. The van der Waals surface area contributed by atoms with E-state index in [1.54, 1.807) is 0 Å². The van der Waals surface area contributed by atoms with Crippen molar-refractivity contribution in [1.29, 1.82) is 0 Å². The zero-order valence-electron chi connectivity index (χ0n) is 10.1. The lowest BCUT2D eigenvalue weighted by molar-refractivity contribution is 0.0601. The summed E-state index contributed by atoms with van der Waals surface area (Å²) in [6.07, 6.45) is 2.90. The second-order valence-corrected chi connectivity index (χ2v) is 5.40. The molecule has 0 spiro atoms. The Morgan fingerprint density at radius 2 is 1.89 bits per heavy atom. The summed E-state index contributed by atoms with van der Waals surface area (Å²) in [4.78, 5) is 14.0. The maximum Gasteiger partial charge on any atom is 0.337 e. The van der Waals surface area contributed by atoms with Crippen LogP contribution in [-0.4, -0.2) is 26.5 Å². The second kappa shape index (κ2) is 5.15. The lowest BCUT2D eigenvalue weighted by atomic mass is 10.2. The van der Waals surface area contributed by atoms with Crippen molar-refractivity contribution in [2.45, 2.75) is 4.90 Å². The van der Waals surface area contributed by atoms with Crippen molar-refractivity contribution in [2.75, 3.05) is 11.8 Å². The lowest BCUT2D eigenvalue weighted by Gasteiger charge is -2.06. The Balaban J connectivity index is 2.19. The van der Waals surface area contributed by atoms with E-state index in [1.165, 1.54) is 49.8 Å². The average molecular weight is 280 g/mol. The van der Waals surface area contributed by atoms with Crippen molar-refractivity contribution in [3.63, 3.8) is 0 Å². The van der Waals surface area contributed by atoms with Crippen molar-refractivity contribution in [2.24, 2.45) is 0 Å². The third kappa shape index (κ3) is 2.94. The molecule has 0 aliphatic rings. The van der Waals surface area contributed by atoms with Crippen molar-refractivity contribution >= 4 is 21.7 Å². The number of methoxy groups -OCH3 is 1. The van der Waals surface area contributed by atoms with E-state index in [-0.39, 0.29) is 4.90 Å². The largest absolute Gasteiger partial charge is 0.465 e. The predicted molar refractivity (Wildman–Crippen MR) is 69.4 cm³/mol. The van der Waals surface area contributed by atoms with Crippen LogP contribution in [0, 0.1) is 0 Å². The Kier molecular flexibility index (Phi) is 3.57. The molecule has 0 radical (unpaired) electrons. The predicted octanol–water partition coefficient (Wildman–Crippen LogP) is 1.60. The zero-order valence-corrected chi connectivity index (χ0v) is 10.9. The molecule has 0 amide bonds. The average Bonchev–Trinajstić information content (AvgIpc) is 2.93. The molecule has 19 heavy (non-hydrogen) atoms. The highest BCUT2D eigenvalue weighted by molar-refractivity contribution is 7.92. The fourth-order valence-corrected chi connectivity index (χ4v) is 2.52. The van der Waals surface area contributed by atoms with Gasteiger partial charge >= 0.3 is 5.97 Å². The van der Waals surface area contributed by atoms with E-state index >= 15 is 0 Å². The van der Waals surface area contributed by atoms with Gasteiger partial charge in [-0.25, -0.2) is 13.2 Å². The number of ether oxygens (including phenoxy) is 1. The first kappa shape index (κ1) is 13.2. The van der Waals surface area contributed by atoms with E-state index in [2.05, 4.69) is 14.4 Å². The molecule has 0 fully saturated rings. The molecule has 0 saturated carbocycles. The summed E-state index contributed by atoms with van der Waals surface area (Å²) in [5.41, 5.74) is 0.723. The number of H-pyrrole nitrogens is 1. The van der Waals surface area contributed by atoms with Gasteiger partial charge in [0.15, 0.2) is 0 Å². The Hall–Kier alpha value is -2.28. The standard InChI is InChI=1S/C12H12N2O4S/c1-18-12(15)9-2-4-10(5-3-9)14-19(16,17)11-6-7-13-8-11/h2-8,13-14H,1H3. The van der Waals surface area contributed by atoms with Crippen molar-refractivity contribution in [1.82, 2.24) is 4.98 Å². The van der Waals surface area contributed by atoms with Crippen LogP contribution in [0.4, 0.5) is 5.69 Å². The van der Waals surface area contributed by atoms with Gasteiger partial charge in [-0.2, -0.15) is 0 Å². The van der Waals surface area contributed by atoms with Crippen LogP contribution < -0.4 is 4.72 Å². The molecular formula is C12H12N2O4S. The molecule has 1 aromatic heterocycles. The van der Waals surface area contributed by atoms with Gasteiger partial charge in [0.2, 0.25) is 0 Å². The van der Waals surface area contributed by atoms with E-state index < -0.39 is 16.0 Å². The Morgan fingerprint density at radius 1 is 1.21 bits per heavy atom. The summed E-state index contributed by atoms with van der Waals surface area (Å²) in [5.74, 6) is -0.472. The summed E-state index contributed by atoms with van der Waals surface area (Å²) >= 11 is 0. The number of esters is 1. The first-order chi connectivity index (χ1) is 9.03. The third-order valence-corrected chi connectivity index (χ3v) is 3.82. The summed E-state index contributed by atoms with van der Waals surface area (Å²) in [7, 11) is -2.32. The minimum Gasteiger partial charge on any atom is -0.465 e. The topological polar surface area (TPSA) is 88.3 Å². The quantitative estimate of drug-likeness (QED) is 0.833. The first-order valence-corrected chi connectivity index (χ1v) is 6.85. The molecule has 0 atom stereocenters. The van der Waals surface area contributed by atoms with Gasteiger partial charge < -0.3 is 9.72 Å². The normalized spacial score (nSPS) is 11.0. The number of hydrogen-bond donors (Lipinski definition) is 2. The number of sulfonamides is 1. The molecule has 0 saturated heterocycles. The summed E-state index contributed by atoms with van der Waals surface area (Å²) in [6.45, 7) is 0. The molecule has 0 aliphatic heterocycles. The Labute approximate surface area is 110 Å². The second-order valence-electron chi connectivity index (χ2n) is 3.72. The first-order valence-electron chi connectivity index (χ1n) is 5.37. The molecule has 0 bridgehead atoms. The SMILES string of the molecule is COC(=O)c1ccc(NS(=O)(=O)c2cc[nH]c2)cc1. The van der Waals surface area contributed by atoms with E-state index in [1.807, 2.05) is 0 Å². The van der Waals surface area contributed by atoms with Crippen LogP contribution in [0.1, 0.15) is 10.4 Å². The van der Waals surface area contributed by atoms with Crippen LogP contribution >= 0.6 is 0 Å². The number of nitrogens with one attached hydrogen (secondary N) is 2. The molecule has 0 unspecified atom stereocenters. The molecule has 2 rings (SSSR count). The van der Waals surface area contributed by atoms with E-state index in [9.17, 15) is 13.2 Å². The monoisotopic (exact) mass is 280 g/mol. The molecule has 100 valence electrons. The molecule has 6 nitrogen and oxygen atoms in total. The number of aromatic nitrogens is 1. The number of aromatic amines is 1. The zero-order chi connectivity index (χ0) is 13.9. The van der Waals surface area contributed by atoms with Gasteiger partial charge in [0.1, 0.15) is 4.90 Å². The highest BCUT2D eigenvalue weighted by Gasteiger charge is 2.14. The van der Waals surface area contributed by atoms with Crippen LogP contribution in [0.25, 0.3) is 0 Å². The maximum absolute atomic E-state index is 11.9. The maximum atomic E-state index is 11.9. The highest BCUT2D eigenvalue weighted by Crippen LogP contribution is 2.16. The molecule has 0 aliphatic carbocycles. The van der Waals surface area contributed by atoms with Crippen LogP contribution in [-0.2, 0) is 14.8 Å². The highest BCUT2D eigenvalue weighted by atomic mass is 32.2. The van der Waals surface area contributed by atoms with E-state index in [4.69, 9.17) is 0 Å².